The first-order valence-electron chi connectivity index (χ1n) is 10.1. The second-order valence-corrected chi connectivity index (χ2v) is 7.06. The number of aliphatic carboxylic acids is 2. The van der Waals surface area contributed by atoms with Crippen molar-refractivity contribution in [1.29, 1.82) is 0 Å². The van der Waals surface area contributed by atoms with Gasteiger partial charge in [-0.1, -0.05) is 19.1 Å². The zero-order chi connectivity index (χ0) is 21.6. The van der Waals surface area contributed by atoms with Gasteiger partial charge in [-0.15, -0.1) is 0 Å². The van der Waals surface area contributed by atoms with E-state index >= 15 is 0 Å². The van der Waals surface area contributed by atoms with Gasteiger partial charge in [0.25, 0.3) is 0 Å². The number of unbranched alkanes of at least 4 members (excludes halogenated alkanes) is 1. The molecule has 0 atom stereocenters. The lowest BCUT2D eigenvalue weighted by Gasteiger charge is -2.33. The Kier molecular flexibility index (Phi) is 11.8. The van der Waals surface area contributed by atoms with Crippen LogP contribution in [-0.2, 0) is 9.59 Å². The number of carbonyl (C=O) groups is 2. The van der Waals surface area contributed by atoms with Gasteiger partial charge in [0.15, 0.2) is 11.5 Å². The van der Waals surface area contributed by atoms with E-state index in [2.05, 4.69) is 16.7 Å². The lowest BCUT2D eigenvalue weighted by molar-refractivity contribution is -0.159. The average molecular weight is 411 g/mol. The van der Waals surface area contributed by atoms with Crippen molar-refractivity contribution in [2.45, 2.75) is 39.7 Å². The molecule has 8 nitrogen and oxygen atoms in total. The molecule has 0 aromatic heterocycles. The summed E-state index contributed by atoms with van der Waals surface area (Å²) < 4.78 is 11.7. The lowest BCUT2D eigenvalue weighted by Crippen LogP contribution is -2.46. The van der Waals surface area contributed by atoms with Gasteiger partial charge in [-0.25, -0.2) is 9.59 Å². The monoisotopic (exact) mass is 410 g/mol. The van der Waals surface area contributed by atoms with Gasteiger partial charge in [0, 0.05) is 26.2 Å². The SMILES string of the molecule is CCN1CCN(CCCCOc2ccccc2OC(C)C)CC1.O=C(O)C(=O)O. The third-order valence-corrected chi connectivity index (χ3v) is 4.43. The Hall–Kier alpha value is -2.32. The molecule has 1 aliphatic heterocycles. The highest BCUT2D eigenvalue weighted by molar-refractivity contribution is 6.27. The number of para-hydroxylation sites is 2. The number of rotatable bonds is 9. The van der Waals surface area contributed by atoms with E-state index in [1.807, 2.05) is 38.1 Å². The van der Waals surface area contributed by atoms with Gasteiger partial charge in [-0.2, -0.15) is 0 Å². The zero-order valence-electron chi connectivity index (χ0n) is 17.7. The molecule has 1 saturated heterocycles. The predicted octanol–water partition coefficient (Wildman–Crippen LogP) is 2.43. The van der Waals surface area contributed by atoms with E-state index in [-0.39, 0.29) is 6.10 Å². The average Bonchev–Trinajstić information content (AvgIpc) is 2.69. The fourth-order valence-electron chi connectivity index (χ4n) is 2.87. The molecule has 164 valence electrons. The number of benzene rings is 1. The van der Waals surface area contributed by atoms with Crippen molar-refractivity contribution in [2.75, 3.05) is 45.9 Å². The molecule has 0 aliphatic carbocycles. The lowest BCUT2D eigenvalue weighted by atomic mass is 10.2. The summed E-state index contributed by atoms with van der Waals surface area (Å²) in [7, 11) is 0. The molecular weight excluding hydrogens is 376 g/mol. The van der Waals surface area contributed by atoms with Crippen molar-refractivity contribution in [2.24, 2.45) is 0 Å². The number of hydrogen-bond donors (Lipinski definition) is 2. The van der Waals surface area contributed by atoms with E-state index in [1.165, 1.54) is 45.7 Å². The van der Waals surface area contributed by atoms with Crippen LogP contribution in [0.5, 0.6) is 11.5 Å². The van der Waals surface area contributed by atoms with Crippen LogP contribution in [0.2, 0.25) is 0 Å². The molecule has 1 aliphatic rings. The van der Waals surface area contributed by atoms with Crippen molar-refractivity contribution in [3.8, 4) is 11.5 Å². The van der Waals surface area contributed by atoms with Gasteiger partial charge in [0.05, 0.1) is 12.7 Å². The first-order chi connectivity index (χ1) is 13.8. The third kappa shape index (κ3) is 10.7. The Bertz CT molecular complexity index is 603. The molecule has 2 rings (SSSR count). The Morgan fingerprint density at radius 3 is 2.03 bits per heavy atom. The fraction of sp³-hybridized carbons (Fsp3) is 0.619. The molecule has 0 bridgehead atoms. The Balaban J connectivity index is 0.000000612. The number of nitrogens with zero attached hydrogens (tertiary/aromatic N) is 2. The number of hydrogen-bond acceptors (Lipinski definition) is 6. The highest BCUT2D eigenvalue weighted by atomic mass is 16.5. The maximum absolute atomic E-state index is 9.10. The number of piperazine rings is 1. The van der Waals surface area contributed by atoms with Crippen molar-refractivity contribution in [1.82, 2.24) is 9.80 Å². The van der Waals surface area contributed by atoms with Gasteiger partial charge in [-0.05, 0) is 51.9 Å². The molecule has 0 saturated carbocycles. The fourth-order valence-corrected chi connectivity index (χ4v) is 2.87. The number of carboxylic acids is 2. The summed E-state index contributed by atoms with van der Waals surface area (Å²) in [6.07, 6.45) is 2.45. The molecule has 8 heteroatoms. The molecule has 1 heterocycles. The Morgan fingerprint density at radius 2 is 1.52 bits per heavy atom. The molecular formula is C21H34N2O6. The topological polar surface area (TPSA) is 99.5 Å². The van der Waals surface area contributed by atoms with E-state index in [9.17, 15) is 0 Å². The van der Waals surface area contributed by atoms with Crippen molar-refractivity contribution in [3.05, 3.63) is 24.3 Å². The molecule has 29 heavy (non-hydrogen) atoms. The van der Waals surface area contributed by atoms with Gasteiger partial charge < -0.3 is 29.5 Å². The van der Waals surface area contributed by atoms with Crippen LogP contribution in [0.25, 0.3) is 0 Å². The predicted molar refractivity (Wildman–Crippen MR) is 111 cm³/mol. The summed E-state index contributed by atoms with van der Waals surface area (Å²) in [6, 6.07) is 7.94. The van der Waals surface area contributed by atoms with Crippen LogP contribution in [0, 0.1) is 0 Å². The van der Waals surface area contributed by atoms with Gasteiger partial charge in [0.2, 0.25) is 0 Å². The first-order valence-corrected chi connectivity index (χ1v) is 10.1. The zero-order valence-corrected chi connectivity index (χ0v) is 17.7. The van der Waals surface area contributed by atoms with Crippen LogP contribution in [-0.4, -0.2) is 83.9 Å². The van der Waals surface area contributed by atoms with Crippen molar-refractivity contribution in [3.63, 3.8) is 0 Å². The summed E-state index contributed by atoms with van der Waals surface area (Å²) in [4.78, 5) is 23.3. The van der Waals surface area contributed by atoms with E-state index in [0.29, 0.717) is 0 Å². The van der Waals surface area contributed by atoms with E-state index in [0.717, 1.165) is 24.5 Å². The highest BCUT2D eigenvalue weighted by Crippen LogP contribution is 2.27. The maximum Gasteiger partial charge on any atom is 0.414 e. The van der Waals surface area contributed by atoms with Crippen LogP contribution in [0.4, 0.5) is 0 Å². The largest absolute Gasteiger partial charge is 0.490 e. The van der Waals surface area contributed by atoms with Gasteiger partial charge >= 0.3 is 11.9 Å². The van der Waals surface area contributed by atoms with Gasteiger partial charge in [-0.3, -0.25) is 0 Å². The summed E-state index contributed by atoms with van der Waals surface area (Å²) in [5.41, 5.74) is 0. The molecule has 0 radical (unpaired) electrons. The van der Waals surface area contributed by atoms with Crippen LogP contribution in [0.15, 0.2) is 24.3 Å². The standard InChI is InChI=1S/C19H32N2O2.C2H2O4/c1-4-20-12-14-21(15-13-20)11-7-8-16-22-18-9-5-6-10-19(18)23-17(2)3;3-1(4)2(5)6/h5-6,9-10,17H,4,7-8,11-16H2,1-3H3;(H,3,4)(H,5,6). The molecule has 0 spiro atoms. The Labute approximate surface area is 173 Å². The second-order valence-electron chi connectivity index (χ2n) is 7.06. The summed E-state index contributed by atoms with van der Waals surface area (Å²) in [5, 5.41) is 14.8. The summed E-state index contributed by atoms with van der Waals surface area (Å²) in [5.74, 6) is -1.94. The number of ether oxygens (including phenoxy) is 2. The molecule has 1 aromatic rings. The summed E-state index contributed by atoms with van der Waals surface area (Å²) in [6.45, 7) is 14.3. The van der Waals surface area contributed by atoms with E-state index < -0.39 is 11.9 Å². The van der Waals surface area contributed by atoms with Crippen LogP contribution in [0.3, 0.4) is 0 Å². The van der Waals surface area contributed by atoms with E-state index in [1.54, 1.807) is 0 Å². The number of likely N-dealkylation sites (N-methyl/N-ethyl adjacent to an activating group) is 1. The van der Waals surface area contributed by atoms with Crippen LogP contribution in [0.1, 0.15) is 33.6 Å². The molecule has 2 N–H and O–H groups in total. The molecule has 0 unspecified atom stereocenters. The molecule has 1 fully saturated rings. The van der Waals surface area contributed by atoms with Crippen LogP contribution >= 0.6 is 0 Å². The minimum absolute atomic E-state index is 0.168. The smallest absolute Gasteiger partial charge is 0.414 e. The normalized spacial score (nSPS) is 14.8. The minimum atomic E-state index is -1.82. The maximum atomic E-state index is 9.10. The minimum Gasteiger partial charge on any atom is -0.490 e. The quantitative estimate of drug-likeness (QED) is 0.473. The molecule has 1 aromatic carbocycles. The van der Waals surface area contributed by atoms with Crippen LogP contribution < -0.4 is 9.47 Å². The van der Waals surface area contributed by atoms with E-state index in [4.69, 9.17) is 29.3 Å². The summed E-state index contributed by atoms with van der Waals surface area (Å²) >= 11 is 0. The van der Waals surface area contributed by atoms with Crippen molar-refractivity contribution >= 4 is 11.9 Å². The van der Waals surface area contributed by atoms with Gasteiger partial charge in [0.1, 0.15) is 0 Å². The van der Waals surface area contributed by atoms with Crippen molar-refractivity contribution < 1.29 is 29.3 Å². The first kappa shape index (κ1) is 24.7. The second kappa shape index (κ2) is 13.8. The number of carboxylic acid groups (broad SMARTS) is 2. The highest BCUT2D eigenvalue weighted by Gasteiger charge is 2.14. The molecule has 0 amide bonds. The third-order valence-electron chi connectivity index (χ3n) is 4.43. The Morgan fingerprint density at radius 1 is 0.966 bits per heavy atom.